The second-order valence-electron chi connectivity index (χ2n) is 9.12. The SMILES string of the molecule is CC[C@H](C)[C@H](NC(=O)[C@H](CC(C)C)NC(=O)[C@@H](NC(=O)[C@H](C)NC(=O)CN)C(C)C)C(=O)O. The Bertz CT molecular complexity index is 697. The first-order chi connectivity index (χ1) is 15.2. The van der Waals surface area contributed by atoms with Crippen LogP contribution < -0.4 is 27.0 Å². The molecular weight excluding hydrogens is 430 g/mol. The molecule has 4 amide bonds. The van der Waals surface area contributed by atoms with E-state index in [0.29, 0.717) is 6.42 Å². The molecule has 0 radical (unpaired) electrons. The number of carboxylic acid groups (broad SMARTS) is 1. The van der Waals surface area contributed by atoms with Crippen LogP contribution in [0.25, 0.3) is 0 Å². The summed E-state index contributed by atoms with van der Waals surface area (Å²) < 4.78 is 0. The average molecular weight is 472 g/mol. The zero-order valence-corrected chi connectivity index (χ0v) is 20.7. The summed E-state index contributed by atoms with van der Waals surface area (Å²) in [4.78, 5) is 61.4. The van der Waals surface area contributed by atoms with Crippen molar-refractivity contribution >= 4 is 29.6 Å². The lowest BCUT2D eigenvalue weighted by molar-refractivity contribution is -0.144. The number of carbonyl (C=O) groups excluding carboxylic acids is 4. The Morgan fingerprint density at radius 1 is 0.788 bits per heavy atom. The lowest BCUT2D eigenvalue weighted by atomic mass is 9.97. The zero-order valence-electron chi connectivity index (χ0n) is 20.7. The molecule has 0 unspecified atom stereocenters. The molecule has 0 aliphatic carbocycles. The Labute approximate surface area is 196 Å². The number of amides is 4. The van der Waals surface area contributed by atoms with Gasteiger partial charge >= 0.3 is 5.97 Å². The molecule has 5 atom stereocenters. The third-order valence-electron chi connectivity index (χ3n) is 5.32. The van der Waals surface area contributed by atoms with Gasteiger partial charge in [0.25, 0.3) is 0 Å². The minimum absolute atomic E-state index is 0.0338. The molecule has 0 spiro atoms. The van der Waals surface area contributed by atoms with Crippen molar-refractivity contribution in [3.63, 3.8) is 0 Å². The molecule has 0 aromatic carbocycles. The second-order valence-corrected chi connectivity index (χ2v) is 9.12. The second kappa shape index (κ2) is 14.5. The summed E-state index contributed by atoms with van der Waals surface area (Å²) in [5, 5.41) is 19.7. The molecule has 0 aromatic heterocycles. The van der Waals surface area contributed by atoms with Crippen LogP contribution in [0, 0.1) is 17.8 Å². The number of aliphatic carboxylic acids is 1. The van der Waals surface area contributed by atoms with Gasteiger partial charge in [-0.1, -0.05) is 48.0 Å². The number of hydrogen-bond donors (Lipinski definition) is 6. The van der Waals surface area contributed by atoms with E-state index in [0.717, 1.165) is 0 Å². The molecule has 0 saturated heterocycles. The zero-order chi connectivity index (χ0) is 25.9. The van der Waals surface area contributed by atoms with Crippen molar-refractivity contribution < 1.29 is 29.1 Å². The molecule has 0 heterocycles. The molecule has 0 aromatic rings. The minimum Gasteiger partial charge on any atom is -0.480 e. The Morgan fingerprint density at radius 3 is 1.76 bits per heavy atom. The van der Waals surface area contributed by atoms with Gasteiger partial charge in [-0.05, 0) is 31.1 Å². The molecule has 0 aliphatic rings. The van der Waals surface area contributed by atoms with Crippen LogP contribution in [0.15, 0.2) is 0 Å². The van der Waals surface area contributed by atoms with E-state index < -0.39 is 53.8 Å². The number of rotatable bonds is 14. The van der Waals surface area contributed by atoms with Crippen LogP contribution in [0.4, 0.5) is 0 Å². The Kier molecular flexibility index (Phi) is 13.3. The normalized spacial score (nSPS) is 15.7. The van der Waals surface area contributed by atoms with Gasteiger partial charge in [-0.3, -0.25) is 19.2 Å². The fraction of sp³-hybridized carbons (Fsp3) is 0.773. The van der Waals surface area contributed by atoms with E-state index in [2.05, 4.69) is 21.3 Å². The van der Waals surface area contributed by atoms with Gasteiger partial charge in [0.1, 0.15) is 24.2 Å². The monoisotopic (exact) mass is 471 g/mol. The van der Waals surface area contributed by atoms with Gasteiger partial charge in [0.15, 0.2) is 0 Å². The predicted octanol–water partition coefficient (Wildman–Crippen LogP) is -0.263. The third kappa shape index (κ3) is 10.6. The lowest BCUT2D eigenvalue weighted by Gasteiger charge is -2.28. The summed E-state index contributed by atoms with van der Waals surface area (Å²) >= 11 is 0. The van der Waals surface area contributed by atoms with Crippen LogP contribution in [0.5, 0.6) is 0 Å². The summed E-state index contributed by atoms with van der Waals surface area (Å²) in [6, 6.07) is -3.93. The maximum Gasteiger partial charge on any atom is 0.326 e. The van der Waals surface area contributed by atoms with Crippen molar-refractivity contribution in [2.45, 2.75) is 85.5 Å². The van der Waals surface area contributed by atoms with Crippen molar-refractivity contribution in [3.8, 4) is 0 Å². The van der Waals surface area contributed by atoms with Gasteiger partial charge in [-0.2, -0.15) is 0 Å². The lowest BCUT2D eigenvalue weighted by Crippen LogP contribution is -2.59. The fourth-order valence-corrected chi connectivity index (χ4v) is 3.08. The molecular formula is C22H41N5O6. The number of hydrogen-bond acceptors (Lipinski definition) is 6. The molecule has 33 heavy (non-hydrogen) atoms. The standard InChI is InChI=1S/C22H41N5O6/c1-8-13(6)18(22(32)33)27-20(30)15(9-11(2)3)25-21(31)17(12(4)5)26-19(29)14(7)24-16(28)10-23/h11-15,17-18H,8-10,23H2,1-7H3,(H,24,28)(H,25,31)(H,26,29)(H,27,30)(H,32,33)/t13-,14-,15-,17-,18-/m0/s1. The molecule has 11 heteroatoms. The Hall–Kier alpha value is -2.69. The van der Waals surface area contributed by atoms with Crippen LogP contribution in [0.3, 0.4) is 0 Å². The van der Waals surface area contributed by atoms with E-state index in [9.17, 15) is 29.1 Å². The molecule has 7 N–H and O–H groups in total. The largest absolute Gasteiger partial charge is 0.480 e. The summed E-state index contributed by atoms with van der Waals surface area (Å²) in [5.41, 5.74) is 5.24. The van der Waals surface area contributed by atoms with Crippen molar-refractivity contribution in [3.05, 3.63) is 0 Å². The van der Waals surface area contributed by atoms with Crippen molar-refractivity contribution in [1.82, 2.24) is 21.3 Å². The van der Waals surface area contributed by atoms with Crippen LogP contribution in [-0.2, 0) is 24.0 Å². The Morgan fingerprint density at radius 2 is 1.33 bits per heavy atom. The molecule has 0 rings (SSSR count). The number of carboxylic acids is 1. The maximum absolute atomic E-state index is 13.0. The van der Waals surface area contributed by atoms with Crippen LogP contribution in [0.1, 0.15) is 61.3 Å². The van der Waals surface area contributed by atoms with E-state index >= 15 is 0 Å². The molecule has 190 valence electrons. The summed E-state index contributed by atoms with van der Waals surface area (Å²) in [6.45, 7) is 12.0. The first-order valence-electron chi connectivity index (χ1n) is 11.4. The van der Waals surface area contributed by atoms with Gasteiger partial charge in [0, 0.05) is 0 Å². The highest BCUT2D eigenvalue weighted by molar-refractivity contribution is 5.95. The summed E-state index contributed by atoms with van der Waals surface area (Å²) in [7, 11) is 0. The smallest absolute Gasteiger partial charge is 0.326 e. The number of carbonyl (C=O) groups is 5. The topological polar surface area (TPSA) is 180 Å². The molecule has 11 nitrogen and oxygen atoms in total. The average Bonchev–Trinajstić information content (AvgIpc) is 2.73. The highest BCUT2D eigenvalue weighted by Crippen LogP contribution is 2.12. The van der Waals surface area contributed by atoms with Crippen molar-refractivity contribution in [2.24, 2.45) is 23.5 Å². The van der Waals surface area contributed by atoms with E-state index in [1.807, 2.05) is 20.8 Å². The van der Waals surface area contributed by atoms with Crippen molar-refractivity contribution in [2.75, 3.05) is 6.54 Å². The molecule has 0 bridgehead atoms. The minimum atomic E-state index is -1.15. The summed E-state index contributed by atoms with van der Waals surface area (Å²) in [6.07, 6.45) is 0.838. The van der Waals surface area contributed by atoms with Gasteiger partial charge in [0.2, 0.25) is 23.6 Å². The molecule has 0 saturated carbocycles. The third-order valence-corrected chi connectivity index (χ3v) is 5.32. The highest BCUT2D eigenvalue weighted by atomic mass is 16.4. The first kappa shape index (κ1) is 30.3. The summed E-state index contributed by atoms with van der Waals surface area (Å²) in [5.74, 6) is -3.98. The van der Waals surface area contributed by atoms with Crippen LogP contribution >= 0.6 is 0 Å². The van der Waals surface area contributed by atoms with Crippen LogP contribution in [0.2, 0.25) is 0 Å². The fourth-order valence-electron chi connectivity index (χ4n) is 3.08. The maximum atomic E-state index is 13.0. The van der Waals surface area contributed by atoms with Crippen molar-refractivity contribution in [1.29, 1.82) is 0 Å². The van der Waals surface area contributed by atoms with Gasteiger partial charge in [0.05, 0.1) is 6.54 Å². The van der Waals surface area contributed by atoms with E-state index in [-0.39, 0.29) is 30.7 Å². The van der Waals surface area contributed by atoms with E-state index in [1.165, 1.54) is 6.92 Å². The van der Waals surface area contributed by atoms with Gasteiger partial charge < -0.3 is 32.1 Å². The quantitative estimate of drug-likeness (QED) is 0.202. The molecule has 0 fully saturated rings. The van der Waals surface area contributed by atoms with Gasteiger partial charge in [-0.25, -0.2) is 4.79 Å². The number of nitrogens with one attached hydrogen (secondary N) is 4. The predicted molar refractivity (Wildman–Crippen MR) is 124 cm³/mol. The number of nitrogens with two attached hydrogens (primary N) is 1. The van der Waals surface area contributed by atoms with E-state index in [1.54, 1.807) is 20.8 Å². The van der Waals surface area contributed by atoms with E-state index in [4.69, 9.17) is 5.73 Å². The highest BCUT2D eigenvalue weighted by Gasteiger charge is 2.33. The van der Waals surface area contributed by atoms with Gasteiger partial charge in [-0.15, -0.1) is 0 Å². The Balaban J connectivity index is 5.49. The van der Waals surface area contributed by atoms with Crippen LogP contribution in [-0.4, -0.2) is 65.4 Å². The molecule has 0 aliphatic heterocycles. The first-order valence-corrected chi connectivity index (χ1v) is 11.4.